The lowest BCUT2D eigenvalue weighted by Crippen LogP contribution is -2.42. The maximum atomic E-state index is 5.48. The van der Waals surface area contributed by atoms with Crippen molar-refractivity contribution in [3.63, 3.8) is 0 Å². The fraction of sp³-hybridized carbons (Fsp3) is 0.381. The zero-order valence-electron chi connectivity index (χ0n) is 16.5. The summed E-state index contributed by atoms with van der Waals surface area (Å²) in [7, 11) is 5.08. The van der Waals surface area contributed by atoms with Gasteiger partial charge in [0.2, 0.25) is 0 Å². The van der Waals surface area contributed by atoms with Gasteiger partial charge in [-0.05, 0) is 31.4 Å². The minimum atomic E-state index is 0. The van der Waals surface area contributed by atoms with Gasteiger partial charge in [0.05, 0.1) is 14.2 Å². The summed E-state index contributed by atoms with van der Waals surface area (Å²) in [6.07, 6.45) is 2.07. The van der Waals surface area contributed by atoms with Gasteiger partial charge in [0.25, 0.3) is 0 Å². The van der Waals surface area contributed by atoms with E-state index in [-0.39, 0.29) is 24.0 Å². The van der Waals surface area contributed by atoms with E-state index in [9.17, 15) is 0 Å². The Morgan fingerprint density at radius 2 is 1.78 bits per heavy atom. The van der Waals surface area contributed by atoms with Crippen molar-refractivity contribution in [1.82, 2.24) is 10.6 Å². The van der Waals surface area contributed by atoms with Gasteiger partial charge in [0.15, 0.2) is 17.5 Å². The second-order valence-corrected chi connectivity index (χ2v) is 6.15. The highest BCUT2D eigenvalue weighted by Gasteiger charge is 2.11. The molecule has 0 spiro atoms. The second-order valence-electron chi connectivity index (χ2n) is 6.15. The molecular formula is C21H30IN3O2. The van der Waals surface area contributed by atoms with Gasteiger partial charge in [-0.3, -0.25) is 4.99 Å². The minimum Gasteiger partial charge on any atom is -0.493 e. The average molecular weight is 483 g/mol. The molecule has 0 saturated heterocycles. The topological polar surface area (TPSA) is 54.9 Å². The predicted molar refractivity (Wildman–Crippen MR) is 123 cm³/mol. The van der Waals surface area contributed by atoms with Gasteiger partial charge >= 0.3 is 0 Å². The lowest BCUT2D eigenvalue weighted by molar-refractivity contribution is 0.351. The van der Waals surface area contributed by atoms with Crippen LogP contribution in [0, 0.1) is 0 Å². The normalized spacial score (nSPS) is 11.9. The summed E-state index contributed by atoms with van der Waals surface area (Å²) in [5, 5.41) is 6.78. The van der Waals surface area contributed by atoms with Crippen molar-refractivity contribution in [2.75, 3.05) is 21.3 Å². The summed E-state index contributed by atoms with van der Waals surface area (Å²) in [4.78, 5) is 4.32. The molecule has 2 aromatic rings. The van der Waals surface area contributed by atoms with Gasteiger partial charge < -0.3 is 20.1 Å². The van der Waals surface area contributed by atoms with E-state index >= 15 is 0 Å². The number of methoxy groups -OCH3 is 2. The quantitative estimate of drug-likeness (QED) is 0.339. The maximum absolute atomic E-state index is 5.48. The number of nitrogens with one attached hydrogen (secondary N) is 2. The van der Waals surface area contributed by atoms with Crippen molar-refractivity contribution in [1.29, 1.82) is 0 Å². The Balaban J connectivity index is 0.00000364. The Labute approximate surface area is 179 Å². The summed E-state index contributed by atoms with van der Waals surface area (Å²) in [6, 6.07) is 16.7. The molecule has 0 aliphatic heterocycles. The van der Waals surface area contributed by atoms with Gasteiger partial charge in [-0.15, -0.1) is 24.0 Å². The smallest absolute Gasteiger partial charge is 0.191 e. The van der Waals surface area contributed by atoms with Crippen molar-refractivity contribution in [2.24, 2.45) is 4.99 Å². The standard InChI is InChI=1S/C21H29N3O2.HI/c1-16(13-14-17-9-6-5-7-10-17)24-21(22-2)23-15-18-11-8-12-19(25-3)20(18)26-4;/h5-12,16H,13-15H2,1-4H3,(H2,22,23,24);1H. The number of aryl methyl sites for hydroxylation is 1. The van der Waals surface area contributed by atoms with Gasteiger partial charge in [-0.25, -0.2) is 0 Å². The highest BCUT2D eigenvalue weighted by molar-refractivity contribution is 14.0. The molecule has 0 radical (unpaired) electrons. The van der Waals surface area contributed by atoms with Crippen LogP contribution in [0.2, 0.25) is 0 Å². The van der Waals surface area contributed by atoms with Gasteiger partial charge in [0.1, 0.15) is 0 Å². The Bertz CT molecular complexity index is 708. The van der Waals surface area contributed by atoms with Crippen LogP contribution >= 0.6 is 24.0 Å². The zero-order chi connectivity index (χ0) is 18.8. The SMILES string of the molecule is CN=C(NCc1cccc(OC)c1OC)NC(C)CCc1ccccc1.I. The molecule has 1 unspecified atom stereocenters. The van der Waals surface area contributed by atoms with E-state index in [1.165, 1.54) is 5.56 Å². The van der Waals surface area contributed by atoms with Gasteiger partial charge in [0, 0.05) is 25.2 Å². The summed E-state index contributed by atoms with van der Waals surface area (Å²) < 4.78 is 10.8. The van der Waals surface area contributed by atoms with Crippen molar-refractivity contribution in [3.05, 3.63) is 59.7 Å². The van der Waals surface area contributed by atoms with E-state index in [2.05, 4.69) is 46.8 Å². The largest absolute Gasteiger partial charge is 0.493 e. The van der Waals surface area contributed by atoms with Crippen LogP contribution in [0.15, 0.2) is 53.5 Å². The molecule has 0 amide bonds. The van der Waals surface area contributed by atoms with Crippen LogP contribution in [0.25, 0.3) is 0 Å². The number of rotatable bonds is 8. The molecule has 1 atom stereocenters. The average Bonchev–Trinajstić information content (AvgIpc) is 2.69. The first-order valence-electron chi connectivity index (χ1n) is 8.89. The van der Waals surface area contributed by atoms with E-state index < -0.39 is 0 Å². The number of hydrogen-bond donors (Lipinski definition) is 2. The third-order valence-electron chi connectivity index (χ3n) is 4.25. The molecule has 0 bridgehead atoms. The van der Waals surface area contributed by atoms with Crippen molar-refractivity contribution >= 4 is 29.9 Å². The molecule has 0 aliphatic rings. The first kappa shape index (κ1) is 23.1. The number of guanidine groups is 1. The van der Waals surface area contributed by atoms with Crippen LogP contribution in [-0.2, 0) is 13.0 Å². The molecule has 2 N–H and O–H groups in total. The van der Waals surface area contributed by atoms with Gasteiger partial charge in [-0.1, -0.05) is 42.5 Å². The summed E-state index contributed by atoms with van der Waals surface area (Å²) in [5.74, 6) is 2.25. The number of ether oxygens (including phenoxy) is 2. The minimum absolute atomic E-state index is 0. The van der Waals surface area contributed by atoms with Gasteiger partial charge in [-0.2, -0.15) is 0 Å². The summed E-state index contributed by atoms with van der Waals surface area (Å²) in [6.45, 7) is 2.77. The lowest BCUT2D eigenvalue weighted by atomic mass is 10.1. The molecule has 27 heavy (non-hydrogen) atoms. The molecule has 6 heteroatoms. The highest BCUT2D eigenvalue weighted by Crippen LogP contribution is 2.30. The molecule has 0 aliphatic carbocycles. The monoisotopic (exact) mass is 483 g/mol. The highest BCUT2D eigenvalue weighted by atomic mass is 127. The van der Waals surface area contributed by atoms with E-state index in [1.807, 2.05) is 24.3 Å². The first-order valence-corrected chi connectivity index (χ1v) is 8.89. The molecule has 5 nitrogen and oxygen atoms in total. The van der Waals surface area contributed by atoms with Crippen LogP contribution in [0.5, 0.6) is 11.5 Å². The molecule has 148 valence electrons. The Morgan fingerprint density at radius 1 is 1.04 bits per heavy atom. The Hall–Kier alpha value is -1.96. The van der Waals surface area contributed by atoms with Crippen molar-refractivity contribution in [3.8, 4) is 11.5 Å². The van der Waals surface area contributed by atoms with Crippen molar-refractivity contribution in [2.45, 2.75) is 32.4 Å². The number of halogens is 1. The summed E-state index contributed by atoms with van der Waals surface area (Å²) >= 11 is 0. The summed E-state index contributed by atoms with van der Waals surface area (Å²) in [5.41, 5.74) is 2.37. The van der Waals surface area contributed by atoms with Crippen LogP contribution < -0.4 is 20.1 Å². The fourth-order valence-electron chi connectivity index (χ4n) is 2.80. The van der Waals surface area contributed by atoms with E-state index in [4.69, 9.17) is 9.47 Å². The third-order valence-corrected chi connectivity index (χ3v) is 4.25. The van der Waals surface area contributed by atoms with Crippen LogP contribution in [0.3, 0.4) is 0 Å². The Morgan fingerprint density at radius 3 is 2.41 bits per heavy atom. The third kappa shape index (κ3) is 7.28. The van der Waals surface area contributed by atoms with E-state index in [0.29, 0.717) is 12.6 Å². The fourth-order valence-corrected chi connectivity index (χ4v) is 2.80. The van der Waals surface area contributed by atoms with Crippen LogP contribution in [0.1, 0.15) is 24.5 Å². The first-order chi connectivity index (χ1) is 12.7. The number of hydrogen-bond acceptors (Lipinski definition) is 3. The lowest BCUT2D eigenvalue weighted by Gasteiger charge is -2.19. The second kappa shape index (κ2) is 12.4. The maximum Gasteiger partial charge on any atom is 0.191 e. The molecular weight excluding hydrogens is 453 g/mol. The predicted octanol–water partition coefficient (Wildman–Crippen LogP) is 4.01. The number of para-hydroxylation sites is 1. The molecule has 0 aromatic heterocycles. The van der Waals surface area contributed by atoms with E-state index in [0.717, 1.165) is 35.9 Å². The van der Waals surface area contributed by atoms with Crippen LogP contribution in [0.4, 0.5) is 0 Å². The molecule has 0 fully saturated rings. The Kier molecular flexibility index (Phi) is 10.6. The molecule has 2 aromatic carbocycles. The number of nitrogens with zero attached hydrogens (tertiary/aromatic N) is 1. The molecule has 2 rings (SSSR count). The molecule has 0 saturated carbocycles. The number of aliphatic imine (C=N–C) groups is 1. The van der Waals surface area contributed by atoms with E-state index in [1.54, 1.807) is 21.3 Å². The van der Waals surface area contributed by atoms with Crippen LogP contribution in [-0.4, -0.2) is 33.3 Å². The zero-order valence-corrected chi connectivity index (χ0v) is 18.8. The number of benzene rings is 2. The molecule has 0 heterocycles. The van der Waals surface area contributed by atoms with Crippen molar-refractivity contribution < 1.29 is 9.47 Å².